The molecule has 1 aromatic carbocycles. The Kier molecular flexibility index (Phi) is 5.58. The van der Waals surface area contributed by atoms with Crippen molar-refractivity contribution >= 4 is 11.9 Å². The van der Waals surface area contributed by atoms with Gasteiger partial charge in [-0.25, -0.2) is 4.79 Å². The summed E-state index contributed by atoms with van der Waals surface area (Å²) >= 11 is 0. The first-order valence-electron chi connectivity index (χ1n) is 7.99. The number of hydrogen-bond acceptors (Lipinski definition) is 3. The van der Waals surface area contributed by atoms with Crippen LogP contribution >= 0.6 is 0 Å². The smallest absolute Gasteiger partial charge is 0.338 e. The van der Waals surface area contributed by atoms with Crippen LogP contribution in [0.1, 0.15) is 54.1 Å². The van der Waals surface area contributed by atoms with Crippen LogP contribution in [0.15, 0.2) is 18.2 Å². The predicted molar refractivity (Wildman–Crippen MR) is 85.8 cm³/mol. The van der Waals surface area contributed by atoms with E-state index in [4.69, 9.17) is 4.74 Å². The molecule has 0 bridgehead atoms. The average Bonchev–Trinajstić information content (AvgIpc) is 2.49. The molecule has 0 aromatic heterocycles. The van der Waals surface area contributed by atoms with Crippen LogP contribution in [-0.4, -0.2) is 24.5 Å². The third-order valence-electron chi connectivity index (χ3n) is 4.33. The summed E-state index contributed by atoms with van der Waals surface area (Å²) in [5.41, 5.74) is 2.38. The van der Waals surface area contributed by atoms with E-state index in [0.29, 0.717) is 5.56 Å². The van der Waals surface area contributed by atoms with Crippen LogP contribution in [0.5, 0.6) is 0 Å². The highest BCUT2D eigenvalue weighted by Gasteiger charge is 2.20. The lowest BCUT2D eigenvalue weighted by Gasteiger charge is -2.26. The van der Waals surface area contributed by atoms with Crippen LogP contribution in [0.2, 0.25) is 0 Å². The normalized spacial score (nSPS) is 21.2. The molecule has 1 N–H and O–H groups in total. The quantitative estimate of drug-likeness (QED) is 0.869. The molecule has 4 heteroatoms. The molecule has 0 atom stereocenters. The summed E-state index contributed by atoms with van der Waals surface area (Å²) in [6.07, 6.45) is 4.32. The molecule has 1 aromatic rings. The number of nitrogens with one attached hydrogen (secondary N) is 1. The number of ether oxygens (including phenoxy) is 1. The number of benzene rings is 1. The van der Waals surface area contributed by atoms with Crippen molar-refractivity contribution in [1.82, 2.24) is 5.32 Å². The van der Waals surface area contributed by atoms with Gasteiger partial charge in [0.15, 0.2) is 6.61 Å². The molecule has 0 aliphatic heterocycles. The minimum atomic E-state index is -0.436. The summed E-state index contributed by atoms with van der Waals surface area (Å²) in [5.74, 6) is 0.0992. The fourth-order valence-electron chi connectivity index (χ4n) is 2.84. The van der Waals surface area contributed by atoms with Crippen molar-refractivity contribution in [3.05, 3.63) is 34.9 Å². The zero-order valence-corrected chi connectivity index (χ0v) is 13.6. The van der Waals surface area contributed by atoms with Crippen LogP contribution in [-0.2, 0) is 9.53 Å². The van der Waals surface area contributed by atoms with Gasteiger partial charge < -0.3 is 10.1 Å². The Hall–Kier alpha value is -1.84. The van der Waals surface area contributed by atoms with Crippen molar-refractivity contribution in [3.63, 3.8) is 0 Å². The molecule has 0 saturated heterocycles. The third kappa shape index (κ3) is 4.58. The van der Waals surface area contributed by atoms with Crippen molar-refractivity contribution in [2.24, 2.45) is 5.92 Å². The molecule has 1 aliphatic rings. The van der Waals surface area contributed by atoms with Crippen molar-refractivity contribution in [3.8, 4) is 0 Å². The second kappa shape index (κ2) is 7.43. The Balaban J connectivity index is 1.80. The molecule has 1 fully saturated rings. The first-order chi connectivity index (χ1) is 10.5. The van der Waals surface area contributed by atoms with E-state index in [1.165, 1.54) is 0 Å². The van der Waals surface area contributed by atoms with E-state index in [-0.39, 0.29) is 18.6 Å². The van der Waals surface area contributed by atoms with E-state index < -0.39 is 5.97 Å². The van der Waals surface area contributed by atoms with Crippen molar-refractivity contribution in [2.75, 3.05) is 6.61 Å². The van der Waals surface area contributed by atoms with Gasteiger partial charge in [-0.2, -0.15) is 0 Å². The third-order valence-corrected chi connectivity index (χ3v) is 4.33. The Morgan fingerprint density at radius 1 is 1.18 bits per heavy atom. The van der Waals surface area contributed by atoms with Gasteiger partial charge in [-0.3, -0.25) is 4.79 Å². The fourth-order valence-corrected chi connectivity index (χ4v) is 2.84. The van der Waals surface area contributed by atoms with E-state index >= 15 is 0 Å². The second-order valence-corrected chi connectivity index (χ2v) is 6.42. The highest BCUT2D eigenvalue weighted by Crippen LogP contribution is 2.23. The number of carbonyl (C=O) groups is 2. The molecule has 1 saturated carbocycles. The van der Waals surface area contributed by atoms with Crippen molar-refractivity contribution in [2.45, 2.75) is 52.5 Å². The summed E-state index contributed by atoms with van der Waals surface area (Å²) in [5, 5.41) is 2.96. The van der Waals surface area contributed by atoms with Crippen LogP contribution < -0.4 is 5.32 Å². The number of hydrogen-bond donors (Lipinski definition) is 1. The highest BCUT2D eigenvalue weighted by atomic mass is 16.5. The first kappa shape index (κ1) is 16.5. The van der Waals surface area contributed by atoms with Crippen LogP contribution in [0, 0.1) is 19.8 Å². The van der Waals surface area contributed by atoms with Crippen LogP contribution in [0.3, 0.4) is 0 Å². The SMILES string of the molecule is Cc1ccc(C)c(C(=O)OCC(=O)NC2CCC(C)CC2)c1. The van der Waals surface area contributed by atoms with Crippen molar-refractivity contribution < 1.29 is 14.3 Å². The van der Waals surface area contributed by atoms with Gasteiger partial charge in [-0.05, 0) is 57.1 Å². The molecule has 22 heavy (non-hydrogen) atoms. The monoisotopic (exact) mass is 303 g/mol. The van der Waals surface area contributed by atoms with Gasteiger partial charge in [0.25, 0.3) is 5.91 Å². The summed E-state index contributed by atoms with van der Waals surface area (Å²) in [6.45, 7) is 5.81. The molecular weight excluding hydrogens is 278 g/mol. The van der Waals surface area contributed by atoms with Gasteiger partial charge in [0.2, 0.25) is 0 Å². The molecule has 0 radical (unpaired) electrons. The Morgan fingerprint density at radius 3 is 2.55 bits per heavy atom. The van der Waals surface area contributed by atoms with E-state index in [2.05, 4.69) is 12.2 Å². The zero-order valence-electron chi connectivity index (χ0n) is 13.6. The maximum Gasteiger partial charge on any atom is 0.338 e. The van der Waals surface area contributed by atoms with Gasteiger partial charge in [-0.15, -0.1) is 0 Å². The van der Waals surface area contributed by atoms with E-state index in [0.717, 1.165) is 42.7 Å². The predicted octanol–water partition coefficient (Wildman–Crippen LogP) is 3.16. The highest BCUT2D eigenvalue weighted by molar-refractivity contribution is 5.92. The molecular formula is C18H25NO3. The summed E-state index contributed by atoms with van der Waals surface area (Å²) in [7, 11) is 0. The maximum absolute atomic E-state index is 12.1. The molecule has 0 spiro atoms. The molecule has 2 rings (SSSR count). The Bertz CT molecular complexity index is 545. The largest absolute Gasteiger partial charge is 0.452 e. The minimum absolute atomic E-state index is 0.210. The number of rotatable bonds is 4. The van der Waals surface area contributed by atoms with Crippen LogP contribution in [0.25, 0.3) is 0 Å². The molecule has 4 nitrogen and oxygen atoms in total. The molecule has 1 amide bonds. The number of esters is 1. The minimum Gasteiger partial charge on any atom is -0.452 e. The maximum atomic E-state index is 12.1. The molecule has 0 unspecified atom stereocenters. The van der Waals surface area contributed by atoms with Gasteiger partial charge in [-0.1, -0.05) is 24.6 Å². The number of amides is 1. The van der Waals surface area contributed by atoms with E-state index in [1.54, 1.807) is 6.07 Å². The Morgan fingerprint density at radius 2 is 1.86 bits per heavy atom. The van der Waals surface area contributed by atoms with Gasteiger partial charge in [0.05, 0.1) is 5.56 Å². The molecule has 120 valence electrons. The number of aryl methyl sites for hydroxylation is 2. The lowest BCUT2D eigenvalue weighted by molar-refractivity contribution is -0.125. The lowest BCUT2D eigenvalue weighted by Crippen LogP contribution is -2.39. The molecule has 0 heterocycles. The van der Waals surface area contributed by atoms with E-state index in [1.807, 2.05) is 26.0 Å². The lowest BCUT2D eigenvalue weighted by atomic mass is 9.87. The summed E-state index contributed by atoms with van der Waals surface area (Å²) in [6, 6.07) is 5.85. The van der Waals surface area contributed by atoms with Crippen LogP contribution in [0.4, 0.5) is 0 Å². The van der Waals surface area contributed by atoms with Gasteiger partial charge in [0, 0.05) is 6.04 Å². The topological polar surface area (TPSA) is 55.4 Å². The van der Waals surface area contributed by atoms with Gasteiger partial charge in [0.1, 0.15) is 0 Å². The summed E-state index contributed by atoms with van der Waals surface area (Å²) < 4.78 is 5.14. The standard InChI is InChI=1S/C18H25NO3/c1-12-5-8-15(9-6-12)19-17(20)11-22-18(21)16-10-13(2)4-7-14(16)3/h4,7,10,12,15H,5-6,8-9,11H2,1-3H3,(H,19,20). The number of carbonyl (C=O) groups excluding carboxylic acids is 2. The average molecular weight is 303 g/mol. The zero-order chi connectivity index (χ0) is 16.1. The summed E-state index contributed by atoms with van der Waals surface area (Å²) in [4.78, 5) is 23.9. The van der Waals surface area contributed by atoms with Gasteiger partial charge >= 0.3 is 5.97 Å². The second-order valence-electron chi connectivity index (χ2n) is 6.42. The fraction of sp³-hybridized carbons (Fsp3) is 0.556. The first-order valence-corrected chi connectivity index (χ1v) is 7.99. The van der Waals surface area contributed by atoms with Crippen molar-refractivity contribution in [1.29, 1.82) is 0 Å². The molecule has 1 aliphatic carbocycles. The Labute approximate surface area is 132 Å². The van der Waals surface area contributed by atoms with E-state index in [9.17, 15) is 9.59 Å².